The van der Waals surface area contributed by atoms with Crippen molar-refractivity contribution in [2.75, 3.05) is 33.9 Å². The fourth-order valence-electron chi connectivity index (χ4n) is 6.94. The van der Waals surface area contributed by atoms with E-state index in [0.717, 1.165) is 88.4 Å². The number of rotatable bonds is 15. The summed E-state index contributed by atoms with van der Waals surface area (Å²) in [5.74, 6) is 1.35. The second-order valence-corrected chi connectivity index (χ2v) is 15.6. The van der Waals surface area contributed by atoms with Crippen LogP contribution >= 0.6 is 0 Å². The molecule has 2 atom stereocenters. The molecule has 1 aliphatic rings. The second-order valence-electron chi connectivity index (χ2n) is 15.6. The summed E-state index contributed by atoms with van der Waals surface area (Å²) in [5, 5.41) is 9.01. The first-order valence-corrected chi connectivity index (χ1v) is 21.7. The number of benzene rings is 2. The van der Waals surface area contributed by atoms with Gasteiger partial charge in [0, 0.05) is 36.0 Å². The smallest absolute Gasteiger partial charge is 0.407 e. The van der Waals surface area contributed by atoms with Crippen molar-refractivity contribution in [3.63, 3.8) is 0 Å². The predicted molar refractivity (Wildman–Crippen MR) is 243 cm³/mol. The van der Waals surface area contributed by atoms with Gasteiger partial charge in [0.1, 0.15) is 11.6 Å². The third kappa shape index (κ3) is 13.1. The molecule has 3 aromatic heterocycles. The van der Waals surface area contributed by atoms with E-state index in [0.29, 0.717) is 13.1 Å². The van der Waals surface area contributed by atoms with E-state index in [4.69, 9.17) is 14.7 Å². The number of likely N-dealkylation sites (tertiary alicyclic amines) is 1. The van der Waals surface area contributed by atoms with Gasteiger partial charge < -0.3 is 40.3 Å². The minimum absolute atomic E-state index is 0.0177. The maximum Gasteiger partial charge on any atom is 0.407 e. The number of ether oxygens (including phenoxy) is 2. The summed E-state index contributed by atoms with van der Waals surface area (Å²) in [6, 6.07) is 18.3. The lowest BCUT2D eigenvalue weighted by molar-refractivity contribution is -0.134. The number of nitrogens with zero attached hydrogens (tertiary/aromatic N) is 4. The van der Waals surface area contributed by atoms with Gasteiger partial charge in [-0.25, -0.2) is 24.5 Å². The molecule has 62 heavy (non-hydrogen) atoms. The van der Waals surface area contributed by atoms with Gasteiger partial charge in [0.25, 0.3) is 0 Å². The third-order valence-electron chi connectivity index (χ3n) is 10.7. The molecule has 6 rings (SSSR count). The number of carbonyl (C=O) groups is 4. The van der Waals surface area contributed by atoms with Gasteiger partial charge in [-0.3, -0.25) is 9.59 Å². The predicted octanol–water partition coefficient (Wildman–Crippen LogP) is 8.74. The summed E-state index contributed by atoms with van der Waals surface area (Å²) >= 11 is 0. The van der Waals surface area contributed by atoms with Crippen LogP contribution in [0.4, 0.5) is 9.59 Å². The van der Waals surface area contributed by atoms with Crippen molar-refractivity contribution in [1.82, 2.24) is 45.8 Å². The second kappa shape index (κ2) is 23.7. The van der Waals surface area contributed by atoms with Gasteiger partial charge in [-0.2, -0.15) is 0 Å². The number of amides is 4. The minimum atomic E-state index is -0.748. The summed E-state index contributed by atoms with van der Waals surface area (Å²) in [4.78, 5) is 71.5. The number of aryl methyl sites for hydroxylation is 1. The summed E-state index contributed by atoms with van der Waals surface area (Å²) < 4.78 is 9.28. The number of alkyl carbamates (subject to hydrolysis) is 2. The highest BCUT2D eigenvalue weighted by Crippen LogP contribution is 2.34. The number of imidazole rings is 2. The molecule has 1 saturated heterocycles. The van der Waals surface area contributed by atoms with E-state index in [1.165, 1.54) is 20.6 Å². The Bertz CT molecular complexity index is 2220. The first-order valence-electron chi connectivity index (χ1n) is 21.7. The third-order valence-corrected chi connectivity index (χ3v) is 10.7. The topological polar surface area (TPSA) is 196 Å². The van der Waals surface area contributed by atoms with Crippen LogP contribution in [0, 0.1) is 5.92 Å². The Morgan fingerprint density at radius 3 is 2.21 bits per heavy atom. The van der Waals surface area contributed by atoms with Crippen molar-refractivity contribution in [1.29, 1.82) is 0 Å². The molecule has 0 spiro atoms. The maximum absolute atomic E-state index is 13.6. The van der Waals surface area contributed by atoms with E-state index in [9.17, 15) is 19.2 Å². The molecule has 1 fully saturated rings. The van der Waals surface area contributed by atoms with E-state index >= 15 is 0 Å². The number of pyridine rings is 1. The molecule has 5 N–H and O–H groups in total. The standard InChI is InChI=1S/C42H51N9O6.C3H8.C2H6/c1-26(2)42(3,50-41(55)57-5)22-38(53)51-20-8-9-35(51)39-45-24-33(49-39)28-13-11-27(12-14-28)31-17-15-29-21-30(16-18-32(29)47-31)34-23-44-36(48-34)10-6-7-19-43-37(52)25-46-40(54)56-4;1-3-2;1-2/h11-18,21,23-24,26,35H,6-10,19-20,22,25H2,1-5H3,(H,43,52)(H,44,48)(H,45,49)(H,46,54)(H,50,55);3H2,1-2H3;1-2H3. The lowest BCUT2D eigenvalue weighted by Gasteiger charge is -2.36. The van der Waals surface area contributed by atoms with Crippen LogP contribution in [0.25, 0.3) is 44.7 Å². The van der Waals surface area contributed by atoms with E-state index in [2.05, 4.69) is 61.6 Å². The van der Waals surface area contributed by atoms with Crippen LogP contribution in [0.5, 0.6) is 0 Å². The van der Waals surface area contributed by atoms with E-state index in [-0.39, 0.29) is 36.7 Å². The zero-order valence-corrected chi connectivity index (χ0v) is 37.8. The van der Waals surface area contributed by atoms with Crippen molar-refractivity contribution in [2.24, 2.45) is 5.92 Å². The van der Waals surface area contributed by atoms with Crippen molar-refractivity contribution in [3.8, 4) is 33.8 Å². The van der Waals surface area contributed by atoms with Gasteiger partial charge in [0.15, 0.2) is 0 Å². The van der Waals surface area contributed by atoms with Crippen molar-refractivity contribution in [2.45, 2.75) is 105 Å². The molecule has 0 radical (unpaired) electrons. The number of fused-ring (bicyclic) bond motifs is 1. The first-order chi connectivity index (χ1) is 29.9. The van der Waals surface area contributed by atoms with Crippen LogP contribution in [0.1, 0.15) is 105 Å². The Kier molecular flexibility index (Phi) is 18.5. The molecule has 15 nitrogen and oxygen atoms in total. The van der Waals surface area contributed by atoms with Crippen LogP contribution in [0.15, 0.2) is 67.0 Å². The van der Waals surface area contributed by atoms with E-state index in [1.54, 1.807) is 0 Å². The minimum Gasteiger partial charge on any atom is -0.453 e. The molecule has 334 valence electrons. The zero-order valence-electron chi connectivity index (χ0n) is 37.8. The van der Waals surface area contributed by atoms with Crippen LogP contribution in [0.2, 0.25) is 0 Å². The number of methoxy groups -OCH3 is 2. The number of nitrogens with one attached hydrogen (secondary N) is 5. The van der Waals surface area contributed by atoms with Gasteiger partial charge in [-0.1, -0.05) is 84.4 Å². The number of aromatic amines is 2. The summed E-state index contributed by atoms with van der Waals surface area (Å²) in [7, 11) is 2.57. The van der Waals surface area contributed by atoms with Crippen molar-refractivity contribution in [3.05, 3.63) is 78.6 Å². The molecule has 1 aliphatic heterocycles. The molecule has 0 saturated carbocycles. The van der Waals surface area contributed by atoms with Gasteiger partial charge >= 0.3 is 12.2 Å². The fraction of sp³-hybridized carbons (Fsp3) is 0.468. The number of unbranched alkanes of at least 4 members (excludes halogenated alkanes) is 1. The van der Waals surface area contributed by atoms with Crippen LogP contribution in [0.3, 0.4) is 0 Å². The lowest BCUT2D eigenvalue weighted by atomic mass is 9.84. The number of hydrogen-bond acceptors (Lipinski definition) is 9. The highest BCUT2D eigenvalue weighted by atomic mass is 16.5. The zero-order chi connectivity index (χ0) is 45.2. The number of carbonyl (C=O) groups excluding carboxylic acids is 4. The monoisotopic (exact) mass is 852 g/mol. The van der Waals surface area contributed by atoms with Gasteiger partial charge in [0.05, 0.1) is 73.8 Å². The van der Waals surface area contributed by atoms with Crippen LogP contribution in [-0.4, -0.2) is 93.2 Å². The lowest BCUT2D eigenvalue weighted by Crippen LogP contribution is -2.53. The molecule has 15 heteroatoms. The van der Waals surface area contributed by atoms with Gasteiger partial charge in [0.2, 0.25) is 11.8 Å². The highest BCUT2D eigenvalue weighted by Gasteiger charge is 2.39. The van der Waals surface area contributed by atoms with E-state index in [1.807, 2.05) is 94.4 Å². The Morgan fingerprint density at radius 2 is 1.52 bits per heavy atom. The molecule has 0 aliphatic carbocycles. The molecule has 0 bridgehead atoms. The maximum atomic E-state index is 13.6. The van der Waals surface area contributed by atoms with Gasteiger partial charge in [-0.05, 0) is 62.3 Å². The number of aromatic nitrogens is 5. The first kappa shape index (κ1) is 48.4. The van der Waals surface area contributed by atoms with Crippen LogP contribution in [-0.2, 0) is 25.5 Å². The van der Waals surface area contributed by atoms with Crippen molar-refractivity contribution >= 4 is 34.9 Å². The highest BCUT2D eigenvalue weighted by molar-refractivity contribution is 5.86. The summed E-state index contributed by atoms with van der Waals surface area (Å²) in [5.41, 5.74) is 5.76. The number of H-pyrrole nitrogens is 2. The summed E-state index contributed by atoms with van der Waals surface area (Å²) in [6.07, 6.45) is 7.92. The summed E-state index contributed by atoms with van der Waals surface area (Å²) in [6.45, 7) is 15.1. The molecular weight excluding hydrogens is 787 g/mol. The Labute approximate surface area is 365 Å². The SMILES string of the molecule is CC.CCC.COC(=O)NCC(=O)NCCCCc1ncc(-c2ccc3nc(-c4ccc(-c5cnc(C6CCCN6C(=O)CC(C)(NC(=O)OC)C(C)C)[nH]5)cc4)ccc3c2)[nH]1. The quantitative estimate of drug-likeness (QED) is 0.0640. The molecular formula is C47H65N9O6. The average Bonchev–Trinajstić information content (AvgIpc) is 4.08. The largest absolute Gasteiger partial charge is 0.453 e. The fourth-order valence-corrected chi connectivity index (χ4v) is 6.94. The normalized spacial score (nSPS) is 14.2. The average molecular weight is 852 g/mol. The molecule has 2 unspecified atom stereocenters. The Balaban J connectivity index is 0.00000162. The molecule has 4 amide bonds. The van der Waals surface area contributed by atoms with E-state index < -0.39 is 17.7 Å². The Morgan fingerprint density at radius 1 is 0.855 bits per heavy atom. The molecule has 2 aromatic carbocycles. The van der Waals surface area contributed by atoms with Crippen LogP contribution < -0.4 is 16.0 Å². The number of hydrogen-bond donors (Lipinski definition) is 5. The van der Waals surface area contributed by atoms with Crippen molar-refractivity contribution < 1.29 is 28.7 Å². The Hall–Kier alpha value is -6.25. The molecule has 5 aromatic rings. The van der Waals surface area contributed by atoms with Gasteiger partial charge in [-0.15, -0.1) is 0 Å². The molecule has 4 heterocycles.